The van der Waals surface area contributed by atoms with Crippen LogP contribution in [-0.2, 0) is 4.79 Å². The third-order valence-electron chi connectivity index (χ3n) is 2.58. The van der Waals surface area contributed by atoms with Crippen LogP contribution in [0.3, 0.4) is 0 Å². The zero-order valence-electron chi connectivity index (χ0n) is 8.55. The smallest absolute Gasteiger partial charge is 0.225 e. The molecule has 70 valence electrons. The van der Waals surface area contributed by atoms with E-state index in [-0.39, 0.29) is 5.92 Å². The largest absolute Gasteiger partial charge is 0.341 e. The van der Waals surface area contributed by atoms with Crippen LogP contribution < -0.4 is 0 Å². The van der Waals surface area contributed by atoms with E-state index < -0.39 is 0 Å². The quantitative estimate of drug-likeness (QED) is 0.618. The van der Waals surface area contributed by atoms with Gasteiger partial charge in [-0.05, 0) is 11.8 Å². The Balaban J connectivity index is 2.38. The minimum absolute atomic E-state index is 0.209. The molecule has 1 rings (SSSR count). The molecule has 0 N–H and O–H groups in total. The summed E-state index contributed by atoms with van der Waals surface area (Å²) < 4.78 is 0. The van der Waals surface area contributed by atoms with Crippen molar-refractivity contribution in [3.8, 4) is 0 Å². The van der Waals surface area contributed by atoms with Crippen molar-refractivity contribution in [1.29, 1.82) is 0 Å². The lowest BCUT2D eigenvalue weighted by Crippen LogP contribution is -2.56. The molecule has 1 aliphatic rings. The summed E-state index contributed by atoms with van der Waals surface area (Å²) in [6.07, 6.45) is 0.954. The van der Waals surface area contributed by atoms with Crippen molar-refractivity contribution in [3.05, 3.63) is 0 Å². The molecule has 1 unspecified atom stereocenters. The van der Waals surface area contributed by atoms with Crippen LogP contribution in [0, 0.1) is 11.3 Å². The Morgan fingerprint density at radius 1 is 1.50 bits per heavy atom. The highest BCUT2D eigenvalue weighted by atomic mass is 16.2. The summed E-state index contributed by atoms with van der Waals surface area (Å²) in [6, 6.07) is 0. The Morgan fingerprint density at radius 2 is 2.00 bits per heavy atom. The third kappa shape index (κ3) is 1.79. The molecule has 1 saturated heterocycles. The summed E-state index contributed by atoms with van der Waals surface area (Å²) in [4.78, 5) is 13.5. The van der Waals surface area contributed by atoms with Gasteiger partial charge in [0.2, 0.25) is 5.91 Å². The van der Waals surface area contributed by atoms with Crippen molar-refractivity contribution in [3.63, 3.8) is 0 Å². The number of carbonyl (C=O) groups excluding carboxylic acids is 1. The first-order chi connectivity index (χ1) is 5.46. The molecule has 0 aromatic carbocycles. The Hall–Kier alpha value is -0.530. The molecule has 1 fully saturated rings. The molecule has 0 saturated carbocycles. The zero-order chi connectivity index (χ0) is 9.35. The molecule has 12 heavy (non-hydrogen) atoms. The summed E-state index contributed by atoms with van der Waals surface area (Å²) >= 11 is 0. The molecule has 0 aliphatic carbocycles. The Kier molecular flexibility index (Phi) is 2.45. The van der Waals surface area contributed by atoms with Crippen molar-refractivity contribution in [2.75, 3.05) is 13.1 Å². The molecular formula is C10H19NO. The third-order valence-corrected chi connectivity index (χ3v) is 2.58. The van der Waals surface area contributed by atoms with Crippen LogP contribution in [0.2, 0.25) is 0 Å². The predicted octanol–water partition coefficient (Wildman–Crippen LogP) is 1.90. The lowest BCUT2D eigenvalue weighted by Gasteiger charge is -2.46. The van der Waals surface area contributed by atoms with Gasteiger partial charge in [-0.15, -0.1) is 0 Å². The summed E-state index contributed by atoms with van der Waals surface area (Å²) in [5.41, 5.74) is 0.364. The van der Waals surface area contributed by atoms with Crippen LogP contribution in [0.4, 0.5) is 0 Å². The molecule has 0 bridgehead atoms. The topological polar surface area (TPSA) is 20.3 Å². The van der Waals surface area contributed by atoms with E-state index in [1.54, 1.807) is 0 Å². The first kappa shape index (κ1) is 9.56. The van der Waals surface area contributed by atoms with E-state index >= 15 is 0 Å². The van der Waals surface area contributed by atoms with Gasteiger partial charge in [0.25, 0.3) is 0 Å². The standard InChI is InChI=1S/C10H19NO/c1-5-8(2)9(12)11-6-10(3,4)7-11/h8H,5-7H2,1-4H3. The van der Waals surface area contributed by atoms with Gasteiger partial charge in [-0.2, -0.15) is 0 Å². The number of nitrogens with zero attached hydrogens (tertiary/aromatic N) is 1. The molecule has 1 amide bonds. The minimum atomic E-state index is 0.209. The van der Waals surface area contributed by atoms with E-state index in [1.165, 1.54) is 0 Å². The molecule has 0 radical (unpaired) electrons. The van der Waals surface area contributed by atoms with E-state index in [4.69, 9.17) is 0 Å². The molecule has 1 heterocycles. The molecule has 2 heteroatoms. The molecule has 2 nitrogen and oxygen atoms in total. The maximum Gasteiger partial charge on any atom is 0.225 e. The van der Waals surface area contributed by atoms with Crippen LogP contribution in [0.25, 0.3) is 0 Å². The highest BCUT2D eigenvalue weighted by Crippen LogP contribution is 2.29. The van der Waals surface area contributed by atoms with Crippen LogP contribution in [0.1, 0.15) is 34.1 Å². The lowest BCUT2D eigenvalue weighted by atomic mass is 9.83. The van der Waals surface area contributed by atoms with E-state index in [2.05, 4.69) is 20.8 Å². The molecule has 0 aromatic rings. The minimum Gasteiger partial charge on any atom is -0.341 e. The van der Waals surface area contributed by atoms with Gasteiger partial charge in [0, 0.05) is 19.0 Å². The second-order valence-corrected chi connectivity index (χ2v) is 4.67. The number of rotatable bonds is 2. The number of hydrogen-bond donors (Lipinski definition) is 0. The van der Waals surface area contributed by atoms with Gasteiger partial charge in [0.1, 0.15) is 0 Å². The fourth-order valence-electron chi connectivity index (χ4n) is 1.63. The number of likely N-dealkylation sites (tertiary alicyclic amines) is 1. The van der Waals surface area contributed by atoms with Gasteiger partial charge in [-0.1, -0.05) is 27.7 Å². The fourth-order valence-corrected chi connectivity index (χ4v) is 1.63. The van der Waals surface area contributed by atoms with E-state index in [9.17, 15) is 4.79 Å². The summed E-state index contributed by atoms with van der Waals surface area (Å²) in [5.74, 6) is 0.540. The molecule has 0 spiro atoms. The summed E-state index contributed by atoms with van der Waals surface area (Å²) in [6.45, 7) is 10.4. The van der Waals surface area contributed by atoms with Crippen molar-refractivity contribution in [2.24, 2.45) is 11.3 Å². The van der Waals surface area contributed by atoms with E-state index in [1.807, 2.05) is 11.8 Å². The first-order valence-electron chi connectivity index (χ1n) is 4.75. The van der Waals surface area contributed by atoms with Gasteiger partial charge in [-0.3, -0.25) is 4.79 Å². The van der Waals surface area contributed by atoms with Crippen molar-refractivity contribution >= 4 is 5.91 Å². The number of carbonyl (C=O) groups is 1. The molecule has 1 atom stereocenters. The predicted molar refractivity (Wildman–Crippen MR) is 49.8 cm³/mol. The van der Waals surface area contributed by atoms with Crippen LogP contribution in [0.5, 0.6) is 0 Å². The second kappa shape index (κ2) is 3.08. The fraction of sp³-hybridized carbons (Fsp3) is 0.900. The lowest BCUT2D eigenvalue weighted by molar-refractivity contribution is -0.145. The van der Waals surface area contributed by atoms with Gasteiger partial charge in [0.15, 0.2) is 0 Å². The van der Waals surface area contributed by atoms with Gasteiger partial charge < -0.3 is 4.90 Å². The summed E-state index contributed by atoms with van der Waals surface area (Å²) in [7, 11) is 0. The Labute approximate surface area is 74.9 Å². The monoisotopic (exact) mass is 169 g/mol. The van der Waals surface area contributed by atoms with E-state index in [0.29, 0.717) is 11.3 Å². The number of amides is 1. The van der Waals surface area contributed by atoms with Crippen LogP contribution in [-0.4, -0.2) is 23.9 Å². The van der Waals surface area contributed by atoms with Crippen molar-refractivity contribution < 1.29 is 4.79 Å². The average molecular weight is 169 g/mol. The van der Waals surface area contributed by atoms with E-state index in [0.717, 1.165) is 19.5 Å². The SMILES string of the molecule is CCC(C)C(=O)N1CC(C)(C)C1. The second-order valence-electron chi connectivity index (χ2n) is 4.67. The van der Waals surface area contributed by atoms with Crippen LogP contribution in [0.15, 0.2) is 0 Å². The van der Waals surface area contributed by atoms with Gasteiger partial charge in [-0.25, -0.2) is 0 Å². The van der Waals surface area contributed by atoms with Gasteiger partial charge in [0.05, 0.1) is 0 Å². The highest BCUT2D eigenvalue weighted by molar-refractivity contribution is 5.79. The molecule has 0 aromatic heterocycles. The molecular weight excluding hydrogens is 150 g/mol. The van der Waals surface area contributed by atoms with Crippen molar-refractivity contribution in [1.82, 2.24) is 4.90 Å². The van der Waals surface area contributed by atoms with Crippen molar-refractivity contribution in [2.45, 2.75) is 34.1 Å². The van der Waals surface area contributed by atoms with Gasteiger partial charge >= 0.3 is 0 Å². The normalized spacial score (nSPS) is 23.2. The first-order valence-corrected chi connectivity index (χ1v) is 4.75. The molecule has 1 aliphatic heterocycles. The maximum atomic E-state index is 11.6. The van der Waals surface area contributed by atoms with Crippen LogP contribution >= 0.6 is 0 Å². The number of hydrogen-bond acceptors (Lipinski definition) is 1. The Morgan fingerprint density at radius 3 is 2.33 bits per heavy atom. The maximum absolute atomic E-state index is 11.6. The zero-order valence-corrected chi connectivity index (χ0v) is 8.55. The highest BCUT2D eigenvalue weighted by Gasteiger charge is 2.37. The average Bonchev–Trinajstić information content (AvgIpc) is 1.97. The summed E-state index contributed by atoms with van der Waals surface area (Å²) in [5, 5.41) is 0. The Bertz CT molecular complexity index is 178.